The number of likely N-dealkylation sites (tertiary alicyclic amines) is 1. The van der Waals surface area contributed by atoms with Crippen LogP contribution < -0.4 is 0 Å². The van der Waals surface area contributed by atoms with Gasteiger partial charge in [-0.05, 0) is 12.8 Å². The van der Waals surface area contributed by atoms with E-state index >= 15 is 0 Å². The smallest absolute Gasteiger partial charge is 0.235 e. The molecule has 2 N–H and O–H groups in total. The maximum atomic E-state index is 12.1. The Morgan fingerprint density at radius 2 is 1.76 bits per heavy atom. The van der Waals surface area contributed by atoms with Crippen molar-refractivity contribution in [3.8, 4) is 0 Å². The van der Waals surface area contributed by atoms with E-state index in [2.05, 4.69) is 0 Å². The van der Waals surface area contributed by atoms with Crippen LogP contribution in [0.4, 0.5) is 0 Å². The predicted octanol–water partition coefficient (Wildman–Crippen LogP) is -1.50. The minimum absolute atomic E-state index is 0.111. The van der Waals surface area contributed by atoms with Gasteiger partial charge >= 0.3 is 0 Å². The molecule has 0 aromatic rings. The third kappa shape index (κ3) is 1.44. The van der Waals surface area contributed by atoms with Crippen molar-refractivity contribution in [1.29, 1.82) is 0 Å². The SMILES string of the molecule is O=C1C2C(C(=O)N1CC(O)CO)[C@H]1CC[C@H]2O1. The molecule has 3 rings (SSSR count). The number of hydrogen-bond acceptors (Lipinski definition) is 5. The van der Waals surface area contributed by atoms with Gasteiger partial charge in [-0.2, -0.15) is 0 Å². The molecule has 94 valence electrons. The van der Waals surface area contributed by atoms with Gasteiger partial charge in [0.2, 0.25) is 11.8 Å². The van der Waals surface area contributed by atoms with E-state index in [1.54, 1.807) is 0 Å². The number of hydrogen-bond donors (Lipinski definition) is 2. The molecule has 3 saturated heterocycles. The van der Waals surface area contributed by atoms with Crippen LogP contribution in [0.5, 0.6) is 0 Å². The first-order chi connectivity index (χ1) is 8.13. The van der Waals surface area contributed by atoms with E-state index in [1.807, 2.05) is 0 Å². The fourth-order valence-corrected chi connectivity index (χ4v) is 3.22. The van der Waals surface area contributed by atoms with E-state index in [0.29, 0.717) is 0 Å². The normalized spacial score (nSPS) is 41.2. The lowest BCUT2D eigenvalue weighted by Crippen LogP contribution is -2.40. The van der Waals surface area contributed by atoms with Crippen LogP contribution >= 0.6 is 0 Å². The number of nitrogens with zero attached hydrogens (tertiary/aromatic N) is 1. The second-order valence-electron chi connectivity index (χ2n) is 4.97. The van der Waals surface area contributed by atoms with Crippen LogP contribution in [-0.4, -0.2) is 58.4 Å². The van der Waals surface area contributed by atoms with Gasteiger partial charge in [0.25, 0.3) is 0 Å². The summed E-state index contributed by atoms with van der Waals surface area (Å²) in [6, 6.07) is 0. The molecule has 6 nitrogen and oxygen atoms in total. The van der Waals surface area contributed by atoms with Gasteiger partial charge in [0.05, 0.1) is 43.3 Å². The lowest BCUT2D eigenvalue weighted by Gasteiger charge is -2.19. The number of ether oxygens (including phenoxy) is 1. The summed E-state index contributed by atoms with van der Waals surface area (Å²) >= 11 is 0. The molecule has 17 heavy (non-hydrogen) atoms. The second-order valence-corrected chi connectivity index (χ2v) is 4.97. The molecule has 3 unspecified atom stereocenters. The maximum Gasteiger partial charge on any atom is 0.235 e. The molecule has 0 saturated carbocycles. The van der Waals surface area contributed by atoms with Crippen LogP contribution in [0.25, 0.3) is 0 Å². The van der Waals surface area contributed by atoms with E-state index < -0.39 is 12.7 Å². The molecule has 5 atom stereocenters. The van der Waals surface area contributed by atoms with Crippen LogP contribution in [0, 0.1) is 11.8 Å². The van der Waals surface area contributed by atoms with Crippen molar-refractivity contribution in [2.75, 3.05) is 13.2 Å². The average molecular weight is 241 g/mol. The Balaban J connectivity index is 1.81. The minimum Gasteiger partial charge on any atom is -0.394 e. The zero-order valence-electron chi connectivity index (χ0n) is 9.28. The summed E-state index contributed by atoms with van der Waals surface area (Å²) in [4.78, 5) is 25.2. The molecule has 0 aromatic carbocycles. The zero-order valence-corrected chi connectivity index (χ0v) is 9.28. The molecule has 6 heteroatoms. The van der Waals surface area contributed by atoms with Gasteiger partial charge in [-0.15, -0.1) is 0 Å². The Hall–Kier alpha value is -0.980. The summed E-state index contributed by atoms with van der Waals surface area (Å²) in [5.74, 6) is -1.21. The van der Waals surface area contributed by atoms with Gasteiger partial charge in [0.15, 0.2) is 0 Å². The van der Waals surface area contributed by atoms with Gasteiger partial charge in [-0.25, -0.2) is 0 Å². The van der Waals surface area contributed by atoms with Gasteiger partial charge in [0.1, 0.15) is 0 Å². The summed E-state index contributed by atoms with van der Waals surface area (Å²) in [6.07, 6.45) is 0.360. The molecule has 2 bridgehead atoms. The first-order valence-electron chi connectivity index (χ1n) is 5.93. The first-order valence-corrected chi connectivity index (χ1v) is 5.93. The highest BCUT2D eigenvalue weighted by atomic mass is 16.5. The van der Waals surface area contributed by atoms with Crippen LogP contribution in [0.3, 0.4) is 0 Å². The topological polar surface area (TPSA) is 87.1 Å². The highest BCUT2D eigenvalue weighted by Gasteiger charge is 2.62. The highest BCUT2D eigenvalue weighted by Crippen LogP contribution is 2.48. The van der Waals surface area contributed by atoms with Crippen molar-refractivity contribution < 1.29 is 24.5 Å². The molecule has 0 radical (unpaired) electrons. The Morgan fingerprint density at radius 3 is 2.24 bits per heavy atom. The molecule has 0 aromatic heterocycles. The third-order valence-corrected chi connectivity index (χ3v) is 3.98. The Morgan fingerprint density at radius 1 is 1.24 bits per heavy atom. The van der Waals surface area contributed by atoms with Crippen molar-refractivity contribution in [2.45, 2.75) is 31.2 Å². The number of fused-ring (bicyclic) bond motifs is 5. The van der Waals surface area contributed by atoms with Crippen LogP contribution in [0.2, 0.25) is 0 Å². The first kappa shape index (κ1) is 11.1. The number of rotatable bonds is 3. The van der Waals surface area contributed by atoms with Crippen molar-refractivity contribution >= 4 is 11.8 Å². The maximum absolute atomic E-state index is 12.1. The fourth-order valence-electron chi connectivity index (χ4n) is 3.22. The van der Waals surface area contributed by atoms with E-state index in [1.165, 1.54) is 0 Å². The number of β-amino-alcohol motifs (C(OH)–C–C–N with tert-alkyl or cyclic N) is 1. The minimum atomic E-state index is -1.06. The Labute approximate surface area is 98.2 Å². The van der Waals surface area contributed by atoms with Crippen molar-refractivity contribution in [1.82, 2.24) is 4.90 Å². The lowest BCUT2D eigenvalue weighted by atomic mass is 9.81. The Kier molecular flexibility index (Phi) is 2.46. The molecule has 3 fully saturated rings. The number of carbonyl (C=O) groups excluding carboxylic acids is 2. The standard InChI is InChI=1S/C11H15NO5/c13-4-5(14)3-12-10(15)8-6-1-2-7(17-6)9(8)11(12)16/h5-9,13-14H,1-4H2/t5?,6-,7-,8?,9?/m1/s1. The molecule has 0 aliphatic carbocycles. The molecular formula is C11H15NO5. The largest absolute Gasteiger partial charge is 0.394 e. The van der Waals surface area contributed by atoms with Crippen LogP contribution in [-0.2, 0) is 14.3 Å². The van der Waals surface area contributed by atoms with Gasteiger partial charge in [0, 0.05) is 0 Å². The molecule has 3 heterocycles. The summed E-state index contributed by atoms with van der Waals surface area (Å²) in [6.45, 7) is -0.559. The molecule has 2 amide bonds. The van der Waals surface area contributed by atoms with Crippen LogP contribution in [0.1, 0.15) is 12.8 Å². The number of amides is 2. The van der Waals surface area contributed by atoms with E-state index in [-0.39, 0.29) is 42.4 Å². The van der Waals surface area contributed by atoms with E-state index in [4.69, 9.17) is 9.84 Å². The zero-order chi connectivity index (χ0) is 12.2. The molecule has 3 aliphatic rings. The van der Waals surface area contributed by atoms with E-state index in [0.717, 1.165) is 17.7 Å². The van der Waals surface area contributed by atoms with Crippen LogP contribution in [0.15, 0.2) is 0 Å². The monoisotopic (exact) mass is 241 g/mol. The van der Waals surface area contributed by atoms with Crippen molar-refractivity contribution in [2.24, 2.45) is 11.8 Å². The number of imide groups is 1. The summed E-state index contributed by atoms with van der Waals surface area (Å²) in [5.41, 5.74) is 0. The molecule has 3 aliphatic heterocycles. The second kappa shape index (κ2) is 3.76. The summed E-state index contributed by atoms with van der Waals surface area (Å²) in [5, 5.41) is 18.1. The fraction of sp³-hybridized carbons (Fsp3) is 0.818. The third-order valence-electron chi connectivity index (χ3n) is 3.98. The highest BCUT2D eigenvalue weighted by molar-refractivity contribution is 6.06. The number of aliphatic hydroxyl groups excluding tert-OH is 2. The summed E-state index contributed by atoms with van der Waals surface area (Å²) in [7, 11) is 0. The van der Waals surface area contributed by atoms with Crippen molar-refractivity contribution in [3.05, 3.63) is 0 Å². The average Bonchev–Trinajstić information content (AvgIpc) is 2.98. The predicted molar refractivity (Wildman–Crippen MR) is 54.7 cm³/mol. The quantitative estimate of drug-likeness (QED) is 0.587. The molecule has 0 spiro atoms. The van der Waals surface area contributed by atoms with Crippen molar-refractivity contribution in [3.63, 3.8) is 0 Å². The van der Waals surface area contributed by atoms with Gasteiger partial charge < -0.3 is 14.9 Å². The van der Waals surface area contributed by atoms with E-state index in [9.17, 15) is 14.7 Å². The number of aliphatic hydroxyl groups is 2. The Bertz CT molecular complexity index is 343. The summed E-state index contributed by atoms with van der Waals surface area (Å²) < 4.78 is 5.58. The van der Waals surface area contributed by atoms with Gasteiger partial charge in [-0.1, -0.05) is 0 Å². The molecular weight excluding hydrogens is 226 g/mol. The van der Waals surface area contributed by atoms with Gasteiger partial charge in [-0.3, -0.25) is 14.5 Å². The lowest BCUT2D eigenvalue weighted by molar-refractivity contribution is -0.144. The number of carbonyl (C=O) groups is 2.